The number of urea groups is 1. The fourth-order valence-corrected chi connectivity index (χ4v) is 5.25. The molecule has 0 bridgehead atoms. The molecule has 1 aliphatic carbocycles. The van der Waals surface area contributed by atoms with E-state index in [1.165, 1.54) is 0 Å². The van der Waals surface area contributed by atoms with Crippen LogP contribution in [0.4, 0.5) is 4.79 Å². The summed E-state index contributed by atoms with van der Waals surface area (Å²) in [5.41, 5.74) is 1.07. The van der Waals surface area contributed by atoms with Crippen LogP contribution in [0, 0.1) is 18.3 Å². The molecule has 198 valence electrons. The molecule has 1 saturated carbocycles. The summed E-state index contributed by atoms with van der Waals surface area (Å²) in [7, 11) is 0. The van der Waals surface area contributed by atoms with E-state index in [4.69, 9.17) is 4.74 Å². The van der Waals surface area contributed by atoms with Crippen molar-refractivity contribution >= 4 is 23.8 Å². The van der Waals surface area contributed by atoms with E-state index < -0.39 is 36.0 Å². The van der Waals surface area contributed by atoms with Gasteiger partial charge in [-0.3, -0.25) is 19.3 Å². The second-order valence-corrected chi connectivity index (χ2v) is 11.3. The van der Waals surface area contributed by atoms with Crippen LogP contribution in [0.25, 0.3) is 0 Å². The number of esters is 1. The normalized spacial score (nSPS) is 23.1. The fraction of sp³-hybridized carbons (Fsp3) is 0.643. The number of benzene rings is 1. The van der Waals surface area contributed by atoms with Crippen molar-refractivity contribution in [1.29, 1.82) is 0 Å². The smallest absolute Gasteiger partial charge is 0.325 e. The molecular formula is C28H41N3O5. The largest absolute Gasteiger partial charge is 0.463 e. The maximum absolute atomic E-state index is 13.3. The first-order valence-corrected chi connectivity index (χ1v) is 13.1. The molecule has 1 aliphatic heterocycles. The highest BCUT2D eigenvalue weighted by atomic mass is 16.5. The van der Waals surface area contributed by atoms with Gasteiger partial charge in [0.15, 0.2) is 0 Å². The number of nitrogens with one attached hydrogen (secondary N) is 2. The van der Waals surface area contributed by atoms with Crippen LogP contribution < -0.4 is 10.6 Å². The summed E-state index contributed by atoms with van der Waals surface area (Å²) in [6.45, 7) is 11.8. The van der Waals surface area contributed by atoms with E-state index in [1.807, 2.05) is 31.2 Å². The first kappa shape index (κ1) is 27.7. The van der Waals surface area contributed by atoms with Crippen LogP contribution in [0.15, 0.2) is 24.3 Å². The van der Waals surface area contributed by atoms with Gasteiger partial charge in [-0.1, -0.05) is 57.0 Å². The van der Waals surface area contributed by atoms with Crippen LogP contribution in [0.1, 0.15) is 90.3 Å². The minimum atomic E-state index is -0.922. The number of rotatable bonds is 9. The van der Waals surface area contributed by atoms with Gasteiger partial charge in [0.25, 0.3) is 5.91 Å². The molecule has 8 heteroatoms. The average molecular weight is 500 g/mol. The molecule has 0 radical (unpaired) electrons. The Morgan fingerprint density at radius 1 is 1.17 bits per heavy atom. The third-order valence-corrected chi connectivity index (χ3v) is 7.96. The zero-order chi connectivity index (χ0) is 26.7. The molecule has 2 fully saturated rings. The summed E-state index contributed by atoms with van der Waals surface area (Å²) in [4.78, 5) is 52.5. The van der Waals surface area contributed by atoms with Gasteiger partial charge in [0.05, 0.1) is 18.6 Å². The predicted octanol–water partition coefficient (Wildman–Crippen LogP) is 4.41. The topological polar surface area (TPSA) is 105 Å². The lowest BCUT2D eigenvalue weighted by atomic mass is 9.65. The molecule has 0 aromatic heterocycles. The Hall–Kier alpha value is -2.90. The maximum Gasteiger partial charge on any atom is 0.325 e. The molecule has 1 atom stereocenters. The number of imide groups is 1. The minimum absolute atomic E-state index is 0.0499. The average Bonchev–Trinajstić information content (AvgIpc) is 3.02. The number of amides is 4. The molecule has 1 spiro atoms. The molecule has 1 saturated heterocycles. The standard InChI is InChI=1S/C28H41N3O5/c1-7-27(5,6)21-12-14-28(15-13-21)25(34)31(26(35)30-28)17-23(32)29-22(16-24(33)36-18(2)3)20-10-8-19(4)9-11-20/h8-11,18,21-22H,7,12-17H2,1-6H3,(H,29,32)(H,30,35). The van der Waals surface area contributed by atoms with Gasteiger partial charge in [-0.2, -0.15) is 0 Å². The second kappa shape index (κ2) is 11.0. The van der Waals surface area contributed by atoms with E-state index >= 15 is 0 Å². The van der Waals surface area contributed by atoms with Crippen molar-refractivity contribution in [2.45, 2.75) is 97.8 Å². The zero-order valence-electron chi connectivity index (χ0n) is 22.5. The molecular weight excluding hydrogens is 458 g/mol. The maximum atomic E-state index is 13.3. The SMILES string of the molecule is CCC(C)(C)C1CCC2(CC1)NC(=O)N(CC(=O)NC(CC(=O)OC(C)C)c1ccc(C)cc1)C2=O. The van der Waals surface area contributed by atoms with E-state index in [2.05, 4.69) is 31.4 Å². The van der Waals surface area contributed by atoms with Crippen molar-refractivity contribution in [2.24, 2.45) is 11.3 Å². The quantitative estimate of drug-likeness (QED) is 0.387. The highest BCUT2D eigenvalue weighted by Crippen LogP contribution is 2.45. The van der Waals surface area contributed by atoms with Crippen LogP contribution in [-0.2, 0) is 19.1 Å². The second-order valence-electron chi connectivity index (χ2n) is 11.3. The lowest BCUT2D eigenvalue weighted by Gasteiger charge is -2.42. The molecule has 1 unspecified atom stereocenters. The van der Waals surface area contributed by atoms with Gasteiger partial charge in [0.1, 0.15) is 12.1 Å². The molecule has 36 heavy (non-hydrogen) atoms. The van der Waals surface area contributed by atoms with Gasteiger partial charge in [0, 0.05) is 0 Å². The minimum Gasteiger partial charge on any atom is -0.463 e. The van der Waals surface area contributed by atoms with Crippen molar-refractivity contribution in [2.75, 3.05) is 6.54 Å². The summed E-state index contributed by atoms with van der Waals surface area (Å²) in [6.07, 6.45) is 3.62. The van der Waals surface area contributed by atoms with E-state index in [1.54, 1.807) is 13.8 Å². The monoisotopic (exact) mass is 499 g/mol. The number of ether oxygens (including phenoxy) is 1. The molecule has 2 N–H and O–H groups in total. The molecule has 4 amide bonds. The van der Waals surface area contributed by atoms with Crippen LogP contribution in [0.2, 0.25) is 0 Å². The Bertz CT molecular complexity index is 977. The summed E-state index contributed by atoms with van der Waals surface area (Å²) >= 11 is 0. The lowest BCUT2D eigenvalue weighted by Crippen LogP contribution is -2.51. The highest BCUT2D eigenvalue weighted by molar-refractivity contribution is 6.09. The Kier molecular flexibility index (Phi) is 8.47. The van der Waals surface area contributed by atoms with Gasteiger partial charge in [-0.05, 0) is 63.4 Å². The Morgan fingerprint density at radius 3 is 2.33 bits per heavy atom. The lowest BCUT2D eigenvalue weighted by molar-refractivity contribution is -0.148. The van der Waals surface area contributed by atoms with E-state index in [-0.39, 0.29) is 23.8 Å². The third-order valence-electron chi connectivity index (χ3n) is 7.96. The fourth-order valence-electron chi connectivity index (χ4n) is 5.25. The zero-order valence-corrected chi connectivity index (χ0v) is 22.5. The van der Waals surface area contributed by atoms with Crippen molar-refractivity contribution in [3.05, 3.63) is 35.4 Å². The molecule has 3 rings (SSSR count). The first-order chi connectivity index (χ1) is 16.9. The van der Waals surface area contributed by atoms with Gasteiger partial charge < -0.3 is 15.4 Å². The van der Waals surface area contributed by atoms with E-state index in [0.29, 0.717) is 18.8 Å². The number of nitrogens with zero attached hydrogens (tertiary/aromatic N) is 1. The van der Waals surface area contributed by atoms with E-state index in [9.17, 15) is 19.2 Å². The van der Waals surface area contributed by atoms with Crippen LogP contribution in [-0.4, -0.2) is 46.9 Å². The predicted molar refractivity (Wildman–Crippen MR) is 137 cm³/mol. The highest BCUT2D eigenvalue weighted by Gasteiger charge is 2.53. The van der Waals surface area contributed by atoms with Crippen molar-refractivity contribution < 1.29 is 23.9 Å². The first-order valence-electron chi connectivity index (χ1n) is 13.1. The number of aryl methyl sites for hydroxylation is 1. The Labute approximate surface area is 214 Å². The molecule has 2 aliphatic rings. The molecule has 8 nitrogen and oxygen atoms in total. The van der Waals surface area contributed by atoms with Gasteiger partial charge in [-0.25, -0.2) is 4.79 Å². The number of carbonyl (C=O) groups is 4. The number of carbonyl (C=O) groups excluding carboxylic acids is 4. The summed E-state index contributed by atoms with van der Waals surface area (Å²) in [5.74, 6) is -0.770. The van der Waals surface area contributed by atoms with Crippen LogP contribution in [0.3, 0.4) is 0 Å². The molecule has 1 aromatic carbocycles. The van der Waals surface area contributed by atoms with E-state index in [0.717, 1.165) is 35.3 Å². The van der Waals surface area contributed by atoms with Gasteiger partial charge in [-0.15, -0.1) is 0 Å². The number of hydrogen-bond acceptors (Lipinski definition) is 5. The molecule has 1 heterocycles. The summed E-state index contributed by atoms with van der Waals surface area (Å²) in [5, 5.41) is 5.73. The Morgan fingerprint density at radius 2 is 1.78 bits per heavy atom. The van der Waals surface area contributed by atoms with Gasteiger partial charge >= 0.3 is 12.0 Å². The van der Waals surface area contributed by atoms with Gasteiger partial charge in [0.2, 0.25) is 5.91 Å². The summed E-state index contributed by atoms with van der Waals surface area (Å²) < 4.78 is 5.27. The van der Waals surface area contributed by atoms with Crippen molar-refractivity contribution in [3.63, 3.8) is 0 Å². The van der Waals surface area contributed by atoms with Crippen LogP contribution in [0.5, 0.6) is 0 Å². The molecule has 1 aromatic rings. The third kappa shape index (κ3) is 6.26. The van der Waals surface area contributed by atoms with Crippen LogP contribution >= 0.6 is 0 Å². The van der Waals surface area contributed by atoms with Crippen molar-refractivity contribution in [3.8, 4) is 0 Å². The summed E-state index contributed by atoms with van der Waals surface area (Å²) in [6, 6.07) is 6.34. The number of hydrogen-bond donors (Lipinski definition) is 2. The Balaban J connectivity index is 1.67. The van der Waals surface area contributed by atoms with Crippen molar-refractivity contribution in [1.82, 2.24) is 15.5 Å².